The van der Waals surface area contributed by atoms with Crippen molar-refractivity contribution in [1.29, 1.82) is 0 Å². The molecule has 4 nitrogen and oxygen atoms in total. The Morgan fingerprint density at radius 1 is 1.29 bits per heavy atom. The summed E-state index contributed by atoms with van der Waals surface area (Å²) < 4.78 is 0. The lowest BCUT2D eigenvalue weighted by Gasteiger charge is -2.23. The first-order valence-electron chi connectivity index (χ1n) is 5.46. The standard InChI is InChI=1S/C10H23N3O/c1-11-8-10(14)9-13-5-3-4-12(2)6-7-13/h10-11,14H,3-9H2,1-2H3. The van der Waals surface area contributed by atoms with Gasteiger partial charge in [-0.2, -0.15) is 0 Å². The molecule has 84 valence electrons. The summed E-state index contributed by atoms with van der Waals surface area (Å²) in [6.07, 6.45) is 0.978. The molecule has 0 spiro atoms. The molecular weight excluding hydrogens is 178 g/mol. The average molecular weight is 201 g/mol. The number of likely N-dealkylation sites (N-methyl/N-ethyl adjacent to an activating group) is 2. The highest BCUT2D eigenvalue weighted by atomic mass is 16.3. The Hall–Kier alpha value is -0.160. The fraction of sp³-hybridized carbons (Fsp3) is 1.00. The molecule has 4 heteroatoms. The minimum absolute atomic E-state index is 0.233. The van der Waals surface area contributed by atoms with Crippen LogP contribution in [-0.4, -0.2) is 74.4 Å². The number of aliphatic hydroxyl groups is 1. The highest BCUT2D eigenvalue weighted by molar-refractivity contribution is 4.71. The zero-order valence-corrected chi connectivity index (χ0v) is 9.37. The van der Waals surface area contributed by atoms with Gasteiger partial charge in [-0.25, -0.2) is 0 Å². The second-order valence-corrected chi connectivity index (χ2v) is 4.17. The normalized spacial score (nSPS) is 23.4. The predicted octanol–water partition coefficient (Wildman–Crippen LogP) is -0.796. The topological polar surface area (TPSA) is 38.7 Å². The number of nitrogens with one attached hydrogen (secondary N) is 1. The van der Waals surface area contributed by atoms with Crippen LogP contribution in [0.25, 0.3) is 0 Å². The van der Waals surface area contributed by atoms with Gasteiger partial charge < -0.3 is 15.3 Å². The molecular formula is C10H23N3O. The second-order valence-electron chi connectivity index (χ2n) is 4.17. The molecule has 0 amide bonds. The van der Waals surface area contributed by atoms with Gasteiger partial charge in [0, 0.05) is 26.2 Å². The molecule has 0 aromatic heterocycles. The van der Waals surface area contributed by atoms with E-state index < -0.39 is 0 Å². The van der Waals surface area contributed by atoms with E-state index in [1.165, 1.54) is 13.0 Å². The van der Waals surface area contributed by atoms with Crippen LogP contribution in [0.3, 0.4) is 0 Å². The Morgan fingerprint density at radius 3 is 2.79 bits per heavy atom. The molecule has 14 heavy (non-hydrogen) atoms. The van der Waals surface area contributed by atoms with E-state index >= 15 is 0 Å². The predicted molar refractivity (Wildman–Crippen MR) is 58.5 cm³/mol. The number of hydrogen-bond donors (Lipinski definition) is 2. The molecule has 0 aromatic rings. The van der Waals surface area contributed by atoms with Crippen LogP contribution in [0.5, 0.6) is 0 Å². The summed E-state index contributed by atoms with van der Waals surface area (Å²) in [5.74, 6) is 0. The van der Waals surface area contributed by atoms with Crippen molar-refractivity contribution in [3.05, 3.63) is 0 Å². The van der Waals surface area contributed by atoms with Gasteiger partial charge >= 0.3 is 0 Å². The molecule has 1 atom stereocenters. The third-order valence-electron chi connectivity index (χ3n) is 2.72. The molecule has 0 saturated carbocycles. The van der Waals surface area contributed by atoms with Crippen molar-refractivity contribution < 1.29 is 5.11 Å². The minimum atomic E-state index is -0.233. The molecule has 0 aromatic carbocycles. The number of aliphatic hydroxyl groups excluding tert-OH is 1. The van der Waals surface area contributed by atoms with Gasteiger partial charge in [0.05, 0.1) is 6.10 Å². The van der Waals surface area contributed by atoms with E-state index in [4.69, 9.17) is 0 Å². The summed E-state index contributed by atoms with van der Waals surface area (Å²) in [5.41, 5.74) is 0. The summed E-state index contributed by atoms with van der Waals surface area (Å²) in [4.78, 5) is 4.70. The lowest BCUT2D eigenvalue weighted by atomic mass is 10.3. The lowest BCUT2D eigenvalue weighted by Crippen LogP contribution is -2.39. The van der Waals surface area contributed by atoms with Gasteiger partial charge in [0.2, 0.25) is 0 Å². The van der Waals surface area contributed by atoms with Crippen LogP contribution < -0.4 is 5.32 Å². The van der Waals surface area contributed by atoms with E-state index in [0.29, 0.717) is 6.54 Å². The molecule has 0 bridgehead atoms. The van der Waals surface area contributed by atoms with Gasteiger partial charge in [-0.05, 0) is 33.6 Å². The number of nitrogens with zero attached hydrogens (tertiary/aromatic N) is 2. The number of hydrogen-bond acceptors (Lipinski definition) is 4. The Balaban J connectivity index is 2.22. The molecule has 2 N–H and O–H groups in total. The lowest BCUT2D eigenvalue weighted by molar-refractivity contribution is 0.115. The fourth-order valence-electron chi connectivity index (χ4n) is 1.88. The van der Waals surface area contributed by atoms with E-state index in [-0.39, 0.29) is 6.10 Å². The van der Waals surface area contributed by atoms with Gasteiger partial charge in [-0.3, -0.25) is 4.90 Å². The number of β-amino-alcohol motifs (C(OH)–C–C–N with tert-alkyl or cyclic N) is 1. The smallest absolute Gasteiger partial charge is 0.0791 e. The quantitative estimate of drug-likeness (QED) is 0.625. The van der Waals surface area contributed by atoms with Gasteiger partial charge in [0.15, 0.2) is 0 Å². The van der Waals surface area contributed by atoms with Crippen molar-refractivity contribution in [1.82, 2.24) is 15.1 Å². The Kier molecular flexibility index (Phi) is 5.40. The third-order valence-corrected chi connectivity index (χ3v) is 2.72. The second kappa shape index (κ2) is 6.35. The van der Waals surface area contributed by atoms with Gasteiger partial charge in [0.1, 0.15) is 0 Å². The van der Waals surface area contributed by atoms with Gasteiger partial charge in [-0.15, -0.1) is 0 Å². The molecule has 1 fully saturated rings. The average Bonchev–Trinajstić information content (AvgIpc) is 2.32. The van der Waals surface area contributed by atoms with Crippen LogP contribution in [0.1, 0.15) is 6.42 Å². The van der Waals surface area contributed by atoms with Crippen LogP contribution in [0.2, 0.25) is 0 Å². The summed E-state index contributed by atoms with van der Waals surface area (Å²) in [5, 5.41) is 12.6. The van der Waals surface area contributed by atoms with Crippen molar-refractivity contribution in [2.24, 2.45) is 0 Å². The molecule has 1 rings (SSSR count). The molecule has 1 unspecified atom stereocenters. The highest BCUT2D eigenvalue weighted by Gasteiger charge is 2.14. The zero-order valence-electron chi connectivity index (χ0n) is 9.37. The van der Waals surface area contributed by atoms with Crippen molar-refractivity contribution in [3.63, 3.8) is 0 Å². The van der Waals surface area contributed by atoms with E-state index in [0.717, 1.165) is 26.2 Å². The molecule has 1 aliphatic rings. The largest absolute Gasteiger partial charge is 0.390 e. The first-order chi connectivity index (χ1) is 6.72. The summed E-state index contributed by atoms with van der Waals surface area (Å²) in [7, 11) is 4.03. The van der Waals surface area contributed by atoms with Gasteiger partial charge in [0.25, 0.3) is 0 Å². The maximum Gasteiger partial charge on any atom is 0.0791 e. The summed E-state index contributed by atoms with van der Waals surface area (Å²) in [6, 6.07) is 0. The molecule has 0 radical (unpaired) electrons. The van der Waals surface area contributed by atoms with Crippen molar-refractivity contribution in [3.8, 4) is 0 Å². The van der Waals surface area contributed by atoms with Crippen LogP contribution in [0.4, 0.5) is 0 Å². The summed E-state index contributed by atoms with van der Waals surface area (Å²) >= 11 is 0. The van der Waals surface area contributed by atoms with E-state index in [9.17, 15) is 5.11 Å². The van der Waals surface area contributed by atoms with Crippen LogP contribution in [-0.2, 0) is 0 Å². The Bertz CT molecular complexity index is 154. The van der Waals surface area contributed by atoms with Crippen LogP contribution in [0, 0.1) is 0 Å². The SMILES string of the molecule is CNCC(O)CN1CCCN(C)CC1. The molecule has 1 aliphatic heterocycles. The zero-order chi connectivity index (χ0) is 10.4. The maximum absolute atomic E-state index is 9.64. The minimum Gasteiger partial charge on any atom is -0.390 e. The Labute approximate surface area is 86.9 Å². The fourth-order valence-corrected chi connectivity index (χ4v) is 1.88. The molecule has 1 saturated heterocycles. The van der Waals surface area contributed by atoms with E-state index in [1.807, 2.05) is 7.05 Å². The highest BCUT2D eigenvalue weighted by Crippen LogP contribution is 2.01. The molecule has 0 aliphatic carbocycles. The first kappa shape index (κ1) is 11.9. The first-order valence-corrected chi connectivity index (χ1v) is 5.46. The van der Waals surface area contributed by atoms with Crippen LogP contribution in [0.15, 0.2) is 0 Å². The van der Waals surface area contributed by atoms with E-state index in [2.05, 4.69) is 22.2 Å². The van der Waals surface area contributed by atoms with Crippen LogP contribution >= 0.6 is 0 Å². The van der Waals surface area contributed by atoms with Crippen molar-refractivity contribution in [2.75, 3.05) is 53.4 Å². The van der Waals surface area contributed by atoms with Gasteiger partial charge in [-0.1, -0.05) is 0 Å². The maximum atomic E-state index is 9.64. The Morgan fingerprint density at radius 2 is 2.07 bits per heavy atom. The van der Waals surface area contributed by atoms with Crippen molar-refractivity contribution in [2.45, 2.75) is 12.5 Å². The monoisotopic (exact) mass is 201 g/mol. The molecule has 1 heterocycles. The third kappa shape index (κ3) is 4.37. The van der Waals surface area contributed by atoms with E-state index in [1.54, 1.807) is 0 Å². The summed E-state index contributed by atoms with van der Waals surface area (Å²) in [6.45, 7) is 5.98. The van der Waals surface area contributed by atoms with Crippen molar-refractivity contribution >= 4 is 0 Å². The number of rotatable bonds is 4.